The summed E-state index contributed by atoms with van der Waals surface area (Å²) in [4.78, 5) is 12.4. The summed E-state index contributed by atoms with van der Waals surface area (Å²) < 4.78 is 21.4. The Hall–Kier alpha value is -3.28. The molecule has 6 heteroatoms. The van der Waals surface area contributed by atoms with E-state index in [1.54, 1.807) is 24.7 Å². The minimum atomic E-state index is -0.322. The second-order valence-corrected chi connectivity index (χ2v) is 5.27. The fraction of sp³-hybridized carbons (Fsp3) is 0.0556. The highest BCUT2D eigenvalue weighted by Crippen LogP contribution is 2.27. The maximum atomic E-state index is 13.9. The Morgan fingerprint density at radius 3 is 2.58 bits per heavy atom. The minimum absolute atomic E-state index is 0.322. The number of nitrogens with zero attached hydrogens (tertiary/aromatic N) is 4. The summed E-state index contributed by atoms with van der Waals surface area (Å²) in [5.41, 5.74) is 2.00. The van der Waals surface area contributed by atoms with Crippen molar-refractivity contribution >= 4 is 11.0 Å². The molecule has 0 aliphatic rings. The smallest absolute Gasteiger partial charge is 0.237 e. The van der Waals surface area contributed by atoms with E-state index in [4.69, 9.17) is 4.74 Å². The van der Waals surface area contributed by atoms with Crippen molar-refractivity contribution in [1.29, 1.82) is 0 Å². The van der Waals surface area contributed by atoms with Gasteiger partial charge in [-0.25, -0.2) is 14.4 Å². The molecule has 0 aliphatic heterocycles. The molecule has 0 radical (unpaired) electrons. The normalized spacial score (nSPS) is 10.9. The summed E-state index contributed by atoms with van der Waals surface area (Å²) in [6.07, 6.45) is 4.70. The van der Waals surface area contributed by atoms with Crippen LogP contribution in [-0.4, -0.2) is 19.5 Å². The van der Waals surface area contributed by atoms with Crippen LogP contribution in [0.5, 0.6) is 11.6 Å². The van der Waals surface area contributed by atoms with Crippen LogP contribution in [0.2, 0.25) is 0 Å². The summed E-state index contributed by atoms with van der Waals surface area (Å²) in [5.74, 6) is 1.44. The van der Waals surface area contributed by atoms with Gasteiger partial charge in [0.15, 0.2) is 5.82 Å². The number of para-hydroxylation sites is 1. The van der Waals surface area contributed by atoms with Crippen molar-refractivity contribution in [1.82, 2.24) is 19.5 Å². The van der Waals surface area contributed by atoms with Crippen LogP contribution in [0.1, 0.15) is 0 Å². The van der Waals surface area contributed by atoms with Crippen LogP contribution >= 0.6 is 0 Å². The van der Waals surface area contributed by atoms with Gasteiger partial charge >= 0.3 is 0 Å². The van der Waals surface area contributed by atoms with Crippen LogP contribution in [0.15, 0.2) is 61.1 Å². The van der Waals surface area contributed by atoms with E-state index in [1.807, 2.05) is 41.9 Å². The van der Waals surface area contributed by atoms with Crippen LogP contribution in [0.25, 0.3) is 22.4 Å². The summed E-state index contributed by atoms with van der Waals surface area (Å²) in [6, 6.07) is 12.3. The fourth-order valence-electron chi connectivity index (χ4n) is 2.57. The van der Waals surface area contributed by atoms with Crippen molar-refractivity contribution in [2.75, 3.05) is 0 Å². The number of rotatable bonds is 3. The molecule has 0 N–H and O–H groups in total. The van der Waals surface area contributed by atoms with Crippen LogP contribution in [-0.2, 0) is 7.05 Å². The first-order valence-corrected chi connectivity index (χ1v) is 7.37. The number of hydrogen-bond acceptors (Lipinski definition) is 4. The molecule has 24 heavy (non-hydrogen) atoms. The number of halogens is 1. The summed E-state index contributed by atoms with van der Waals surface area (Å²) in [7, 11) is 1.87. The summed E-state index contributed by atoms with van der Waals surface area (Å²) in [6.45, 7) is 0. The molecule has 0 fully saturated rings. The average Bonchev–Trinajstić information content (AvgIpc) is 2.95. The van der Waals surface area contributed by atoms with E-state index in [1.165, 1.54) is 6.07 Å². The average molecular weight is 320 g/mol. The predicted molar refractivity (Wildman–Crippen MR) is 88.2 cm³/mol. The third-order valence-corrected chi connectivity index (χ3v) is 3.74. The van der Waals surface area contributed by atoms with Crippen molar-refractivity contribution in [3.63, 3.8) is 0 Å². The largest absolute Gasteiger partial charge is 0.438 e. The first kappa shape index (κ1) is 14.3. The fourth-order valence-corrected chi connectivity index (χ4v) is 2.57. The molecule has 2 aromatic carbocycles. The molecule has 0 saturated heterocycles. The third kappa shape index (κ3) is 2.48. The lowest BCUT2D eigenvalue weighted by atomic mass is 10.2. The molecule has 0 spiro atoms. The summed E-state index contributed by atoms with van der Waals surface area (Å²) >= 11 is 0. The quantitative estimate of drug-likeness (QED) is 0.573. The summed E-state index contributed by atoms with van der Waals surface area (Å²) in [5, 5.41) is 0. The molecule has 4 rings (SSSR count). The Balaban J connectivity index is 1.68. The highest BCUT2D eigenvalue weighted by molar-refractivity contribution is 5.81. The van der Waals surface area contributed by atoms with Crippen LogP contribution in [0, 0.1) is 5.82 Å². The maximum Gasteiger partial charge on any atom is 0.237 e. The molecule has 0 bridgehead atoms. The highest BCUT2D eigenvalue weighted by atomic mass is 19.1. The molecule has 0 saturated carbocycles. The Morgan fingerprint density at radius 2 is 1.88 bits per heavy atom. The van der Waals surface area contributed by atoms with Crippen LogP contribution < -0.4 is 4.74 Å². The Morgan fingerprint density at radius 1 is 1.04 bits per heavy atom. The molecule has 0 aliphatic carbocycles. The van der Waals surface area contributed by atoms with Gasteiger partial charge in [0.1, 0.15) is 17.1 Å². The molecule has 0 unspecified atom stereocenters. The Kier molecular flexibility index (Phi) is 3.42. The zero-order valence-electron chi connectivity index (χ0n) is 12.8. The van der Waals surface area contributed by atoms with Gasteiger partial charge in [0.2, 0.25) is 5.88 Å². The zero-order valence-corrected chi connectivity index (χ0v) is 12.8. The van der Waals surface area contributed by atoms with E-state index < -0.39 is 0 Å². The molecule has 0 atom stereocenters. The second-order valence-electron chi connectivity index (χ2n) is 5.27. The number of fused-ring (bicyclic) bond motifs is 1. The van der Waals surface area contributed by atoms with E-state index in [-0.39, 0.29) is 5.82 Å². The predicted octanol–water partition coefficient (Wildman–Crippen LogP) is 3.96. The van der Waals surface area contributed by atoms with Crippen LogP contribution in [0.4, 0.5) is 4.39 Å². The zero-order chi connectivity index (χ0) is 16.5. The van der Waals surface area contributed by atoms with E-state index in [0.29, 0.717) is 23.0 Å². The molecular formula is C18H13FN4O. The molecule has 0 amide bonds. The molecule has 2 aromatic heterocycles. The molecule has 5 nitrogen and oxygen atoms in total. The van der Waals surface area contributed by atoms with Gasteiger partial charge < -0.3 is 9.30 Å². The lowest BCUT2D eigenvalue weighted by molar-refractivity contribution is 0.460. The molecule has 4 aromatic rings. The van der Waals surface area contributed by atoms with Crippen molar-refractivity contribution in [2.45, 2.75) is 0 Å². The first-order valence-electron chi connectivity index (χ1n) is 7.37. The topological polar surface area (TPSA) is 52.8 Å². The molecular weight excluding hydrogens is 307 g/mol. The van der Waals surface area contributed by atoms with Crippen molar-refractivity contribution in [3.8, 4) is 23.0 Å². The standard InChI is InChI=1S/C18H13FN4O/c1-23-15-4-2-3-14(19)17(15)22-18(23)12-5-7-13(8-6-12)24-16-11-20-9-10-21-16/h2-11H,1H3. The molecule has 2 heterocycles. The number of benzene rings is 2. The number of aryl methyl sites for hydroxylation is 1. The number of ether oxygens (including phenoxy) is 1. The Labute approximate surface area is 137 Å². The lowest BCUT2D eigenvalue weighted by Gasteiger charge is -2.06. The van der Waals surface area contributed by atoms with Crippen molar-refractivity contribution in [2.24, 2.45) is 7.05 Å². The van der Waals surface area contributed by atoms with E-state index in [2.05, 4.69) is 15.0 Å². The van der Waals surface area contributed by atoms with Gasteiger partial charge in [0.25, 0.3) is 0 Å². The van der Waals surface area contributed by atoms with Crippen LogP contribution in [0.3, 0.4) is 0 Å². The SMILES string of the molecule is Cn1c(-c2ccc(Oc3cnccn3)cc2)nc2c(F)cccc21. The van der Waals surface area contributed by atoms with Gasteiger partial charge in [0, 0.05) is 25.0 Å². The van der Waals surface area contributed by atoms with E-state index in [9.17, 15) is 4.39 Å². The van der Waals surface area contributed by atoms with E-state index >= 15 is 0 Å². The minimum Gasteiger partial charge on any atom is -0.438 e. The van der Waals surface area contributed by atoms with Gasteiger partial charge in [-0.2, -0.15) is 0 Å². The monoisotopic (exact) mass is 320 g/mol. The Bertz CT molecular complexity index is 997. The van der Waals surface area contributed by atoms with Crippen molar-refractivity contribution in [3.05, 3.63) is 66.9 Å². The number of imidazole rings is 1. The van der Waals surface area contributed by atoms with Gasteiger partial charge in [-0.3, -0.25) is 4.98 Å². The lowest BCUT2D eigenvalue weighted by Crippen LogP contribution is -1.93. The van der Waals surface area contributed by atoms with Crippen molar-refractivity contribution < 1.29 is 9.13 Å². The van der Waals surface area contributed by atoms with Gasteiger partial charge in [-0.05, 0) is 36.4 Å². The van der Waals surface area contributed by atoms with Gasteiger partial charge in [0.05, 0.1) is 11.7 Å². The van der Waals surface area contributed by atoms with Gasteiger partial charge in [-0.1, -0.05) is 6.07 Å². The highest BCUT2D eigenvalue weighted by Gasteiger charge is 2.12. The number of hydrogen-bond donors (Lipinski definition) is 0. The second kappa shape index (κ2) is 5.73. The number of aromatic nitrogens is 4. The first-order chi connectivity index (χ1) is 11.7. The van der Waals surface area contributed by atoms with Gasteiger partial charge in [-0.15, -0.1) is 0 Å². The van der Waals surface area contributed by atoms with E-state index in [0.717, 1.165) is 11.1 Å². The third-order valence-electron chi connectivity index (χ3n) is 3.74. The molecule has 118 valence electrons. The maximum absolute atomic E-state index is 13.9.